The van der Waals surface area contributed by atoms with E-state index in [1.165, 1.54) is 11.4 Å². The Morgan fingerprint density at radius 3 is 2.63 bits per heavy atom. The van der Waals surface area contributed by atoms with Gasteiger partial charge in [0.2, 0.25) is 10.0 Å². The van der Waals surface area contributed by atoms with Gasteiger partial charge in [0.25, 0.3) is 0 Å². The van der Waals surface area contributed by atoms with Gasteiger partial charge in [-0.2, -0.15) is 0 Å². The van der Waals surface area contributed by atoms with E-state index in [1.54, 1.807) is 25.2 Å². The van der Waals surface area contributed by atoms with Crippen molar-refractivity contribution in [3.63, 3.8) is 0 Å². The molecule has 0 saturated heterocycles. The predicted molar refractivity (Wildman–Crippen MR) is 78.3 cm³/mol. The van der Waals surface area contributed by atoms with E-state index in [0.717, 1.165) is 6.54 Å². The zero-order valence-electron chi connectivity index (χ0n) is 11.7. The minimum Gasteiger partial charge on any atom is -0.495 e. The van der Waals surface area contributed by atoms with Crippen molar-refractivity contribution in [1.29, 1.82) is 0 Å². The highest BCUT2D eigenvalue weighted by atomic mass is 32.2. The Kier molecular flexibility index (Phi) is 6.11. The van der Waals surface area contributed by atoms with Crippen LogP contribution in [0.15, 0.2) is 24.3 Å². The summed E-state index contributed by atoms with van der Waals surface area (Å²) in [6.07, 6.45) is 0.593. The summed E-state index contributed by atoms with van der Waals surface area (Å²) in [6.45, 7) is 3.55. The normalized spacial score (nSPS) is 11.3. The SMILES string of the molecule is CCNCCCS(=O)(=O)N(C)c1ccccc1OC. The molecule has 0 radical (unpaired) electrons. The zero-order chi connectivity index (χ0) is 14.3. The molecule has 0 aromatic heterocycles. The number of ether oxygens (including phenoxy) is 1. The first-order valence-electron chi connectivity index (χ1n) is 6.33. The highest BCUT2D eigenvalue weighted by Gasteiger charge is 2.20. The molecule has 0 heterocycles. The molecule has 5 nitrogen and oxygen atoms in total. The minimum absolute atomic E-state index is 0.120. The third-order valence-electron chi connectivity index (χ3n) is 2.85. The molecule has 0 unspecified atom stereocenters. The highest BCUT2D eigenvalue weighted by molar-refractivity contribution is 7.92. The number of hydrogen-bond acceptors (Lipinski definition) is 4. The fraction of sp³-hybridized carbons (Fsp3) is 0.538. The van der Waals surface area contributed by atoms with Crippen LogP contribution < -0.4 is 14.4 Å². The van der Waals surface area contributed by atoms with E-state index >= 15 is 0 Å². The molecule has 1 aromatic rings. The smallest absolute Gasteiger partial charge is 0.235 e. The van der Waals surface area contributed by atoms with Gasteiger partial charge >= 0.3 is 0 Å². The first-order chi connectivity index (χ1) is 9.03. The summed E-state index contributed by atoms with van der Waals surface area (Å²) in [7, 11) is -0.225. The molecule has 19 heavy (non-hydrogen) atoms. The van der Waals surface area contributed by atoms with Crippen LogP contribution in [0, 0.1) is 0 Å². The Hall–Kier alpha value is -1.27. The molecule has 0 amide bonds. The van der Waals surface area contributed by atoms with Gasteiger partial charge in [0, 0.05) is 7.05 Å². The fourth-order valence-corrected chi connectivity index (χ4v) is 2.97. The lowest BCUT2D eigenvalue weighted by atomic mass is 10.3. The zero-order valence-corrected chi connectivity index (χ0v) is 12.5. The molecule has 0 atom stereocenters. The Morgan fingerprint density at radius 2 is 2.00 bits per heavy atom. The number of anilines is 1. The molecule has 6 heteroatoms. The Morgan fingerprint density at radius 1 is 1.32 bits per heavy atom. The van der Waals surface area contributed by atoms with Gasteiger partial charge in [0.05, 0.1) is 18.6 Å². The Bertz CT molecular complexity index is 488. The first-order valence-corrected chi connectivity index (χ1v) is 7.94. The van der Waals surface area contributed by atoms with Crippen LogP contribution in [0.1, 0.15) is 13.3 Å². The summed E-state index contributed by atoms with van der Waals surface area (Å²) in [5.41, 5.74) is 0.563. The Labute approximate surface area is 115 Å². The second kappa shape index (κ2) is 7.35. The number of nitrogens with one attached hydrogen (secondary N) is 1. The van der Waals surface area contributed by atoms with Crippen LogP contribution in [0.25, 0.3) is 0 Å². The largest absolute Gasteiger partial charge is 0.495 e. The number of benzene rings is 1. The average molecular weight is 286 g/mol. The molecular formula is C13H22N2O3S. The molecule has 0 aliphatic carbocycles. The van der Waals surface area contributed by atoms with Crippen molar-refractivity contribution in [2.24, 2.45) is 0 Å². The summed E-state index contributed by atoms with van der Waals surface area (Å²) >= 11 is 0. The maximum Gasteiger partial charge on any atom is 0.235 e. The molecule has 0 spiro atoms. The van der Waals surface area contributed by atoms with Crippen LogP contribution in [0.3, 0.4) is 0 Å². The van der Waals surface area contributed by atoms with E-state index in [1.807, 2.05) is 13.0 Å². The number of para-hydroxylation sites is 2. The summed E-state index contributed by atoms with van der Waals surface area (Å²) in [5, 5.41) is 3.11. The van der Waals surface area contributed by atoms with Gasteiger partial charge in [0.1, 0.15) is 5.75 Å². The second-order valence-electron chi connectivity index (χ2n) is 4.16. The number of nitrogens with zero attached hydrogens (tertiary/aromatic N) is 1. The van der Waals surface area contributed by atoms with Gasteiger partial charge in [0.15, 0.2) is 0 Å². The van der Waals surface area contributed by atoms with Crippen LogP contribution in [0.2, 0.25) is 0 Å². The molecular weight excluding hydrogens is 264 g/mol. The maximum absolute atomic E-state index is 12.2. The third kappa shape index (κ3) is 4.40. The van der Waals surface area contributed by atoms with E-state index in [-0.39, 0.29) is 5.75 Å². The van der Waals surface area contributed by atoms with E-state index < -0.39 is 10.0 Å². The Balaban J connectivity index is 2.77. The van der Waals surface area contributed by atoms with E-state index in [0.29, 0.717) is 24.4 Å². The van der Waals surface area contributed by atoms with Crippen molar-refractivity contribution >= 4 is 15.7 Å². The van der Waals surface area contributed by atoms with Crippen LogP contribution in [-0.2, 0) is 10.0 Å². The van der Waals surface area contributed by atoms with E-state index in [9.17, 15) is 8.42 Å². The fourth-order valence-electron chi connectivity index (χ4n) is 1.73. The summed E-state index contributed by atoms with van der Waals surface area (Å²) in [4.78, 5) is 0. The molecule has 108 valence electrons. The van der Waals surface area contributed by atoms with Crippen molar-refractivity contribution in [2.75, 3.05) is 37.3 Å². The third-order valence-corrected chi connectivity index (χ3v) is 4.68. The predicted octanol–water partition coefficient (Wildman–Crippen LogP) is 1.46. The second-order valence-corrected chi connectivity index (χ2v) is 6.28. The maximum atomic E-state index is 12.2. The lowest BCUT2D eigenvalue weighted by Gasteiger charge is -2.21. The monoisotopic (exact) mass is 286 g/mol. The van der Waals surface area contributed by atoms with E-state index in [4.69, 9.17) is 4.74 Å². The molecule has 1 rings (SSSR count). The van der Waals surface area contributed by atoms with Crippen molar-refractivity contribution in [2.45, 2.75) is 13.3 Å². The van der Waals surface area contributed by atoms with Gasteiger partial charge in [-0.15, -0.1) is 0 Å². The van der Waals surface area contributed by atoms with Gasteiger partial charge in [-0.3, -0.25) is 4.31 Å². The van der Waals surface area contributed by atoms with Gasteiger partial charge in [-0.1, -0.05) is 19.1 Å². The van der Waals surface area contributed by atoms with Gasteiger partial charge in [-0.25, -0.2) is 8.42 Å². The number of sulfonamides is 1. The topological polar surface area (TPSA) is 58.6 Å². The lowest BCUT2D eigenvalue weighted by Crippen LogP contribution is -2.30. The summed E-state index contributed by atoms with van der Waals surface area (Å²) in [6, 6.07) is 7.09. The van der Waals surface area contributed by atoms with Crippen LogP contribution in [0.4, 0.5) is 5.69 Å². The highest BCUT2D eigenvalue weighted by Crippen LogP contribution is 2.28. The number of rotatable bonds is 8. The van der Waals surface area contributed by atoms with Gasteiger partial charge < -0.3 is 10.1 Å². The van der Waals surface area contributed by atoms with Crippen LogP contribution in [0.5, 0.6) is 5.75 Å². The van der Waals surface area contributed by atoms with E-state index in [2.05, 4.69) is 5.32 Å². The molecule has 0 fully saturated rings. The van der Waals surface area contributed by atoms with Crippen LogP contribution in [-0.4, -0.2) is 41.4 Å². The molecule has 1 aromatic carbocycles. The molecule has 1 N–H and O–H groups in total. The van der Waals surface area contributed by atoms with Crippen LogP contribution >= 0.6 is 0 Å². The van der Waals surface area contributed by atoms with Crippen molar-refractivity contribution in [3.8, 4) is 5.75 Å². The quantitative estimate of drug-likeness (QED) is 0.735. The van der Waals surface area contributed by atoms with Crippen molar-refractivity contribution < 1.29 is 13.2 Å². The van der Waals surface area contributed by atoms with Gasteiger partial charge in [-0.05, 0) is 31.6 Å². The lowest BCUT2D eigenvalue weighted by molar-refractivity contribution is 0.416. The summed E-state index contributed by atoms with van der Waals surface area (Å²) < 4.78 is 30.9. The van der Waals surface area contributed by atoms with Crippen molar-refractivity contribution in [1.82, 2.24) is 5.32 Å². The standard InChI is InChI=1S/C13H22N2O3S/c1-4-14-10-7-11-19(16,17)15(2)12-8-5-6-9-13(12)18-3/h5-6,8-9,14H,4,7,10-11H2,1-3H3. The number of methoxy groups -OCH3 is 1. The average Bonchev–Trinajstić information content (AvgIpc) is 2.42. The molecule has 0 saturated carbocycles. The molecule has 0 aliphatic rings. The van der Waals surface area contributed by atoms with Crippen molar-refractivity contribution in [3.05, 3.63) is 24.3 Å². The molecule has 0 bridgehead atoms. The number of hydrogen-bond donors (Lipinski definition) is 1. The minimum atomic E-state index is -3.31. The first kappa shape index (κ1) is 15.8. The molecule has 0 aliphatic heterocycles. The summed E-state index contributed by atoms with van der Waals surface area (Å²) in [5.74, 6) is 0.675.